The summed E-state index contributed by atoms with van der Waals surface area (Å²) >= 11 is 0. The van der Waals surface area contributed by atoms with E-state index in [1.807, 2.05) is 0 Å². The topological polar surface area (TPSA) is 92.8 Å². The van der Waals surface area contributed by atoms with E-state index >= 15 is 0 Å². The van der Waals surface area contributed by atoms with E-state index in [9.17, 15) is 9.59 Å². The predicted octanol–water partition coefficient (Wildman–Crippen LogP) is 2.67. The van der Waals surface area contributed by atoms with Crippen molar-refractivity contribution in [2.75, 3.05) is 6.61 Å². The Morgan fingerprint density at radius 1 is 1.32 bits per heavy atom. The number of hydrazone groups is 1. The Hall–Kier alpha value is -2.31. The van der Waals surface area contributed by atoms with Gasteiger partial charge in [-0.25, -0.2) is 15.0 Å². The van der Waals surface area contributed by atoms with E-state index in [-0.39, 0.29) is 5.97 Å². The van der Waals surface area contributed by atoms with Gasteiger partial charge in [0.2, 0.25) is 0 Å². The molecule has 0 saturated carbocycles. The quantitative estimate of drug-likeness (QED) is 0.508. The molecule has 0 aliphatic rings. The molecule has 0 unspecified atom stereocenters. The Morgan fingerprint density at radius 3 is 2.50 bits per heavy atom. The first-order valence-electron chi connectivity index (χ1n) is 7.04. The van der Waals surface area contributed by atoms with Gasteiger partial charge in [0, 0.05) is 5.69 Å². The summed E-state index contributed by atoms with van der Waals surface area (Å²) in [6, 6.07) is 0. The summed E-state index contributed by atoms with van der Waals surface area (Å²) in [6.45, 7) is 10.9. The van der Waals surface area contributed by atoms with Crippen molar-refractivity contribution in [2.24, 2.45) is 5.10 Å². The summed E-state index contributed by atoms with van der Waals surface area (Å²) in [4.78, 5) is 26.4. The molecule has 1 aromatic heterocycles. The SMILES string of the molecule is CCOC(=O)c1c(C)[nH]c(/C=N/NC(=O)OC(C)(C)C)c1C. The number of hydrogen-bond donors (Lipinski definition) is 2. The first-order valence-corrected chi connectivity index (χ1v) is 7.04. The molecule has 0 spiro atoms. The molecule has 1 aromatic rings. The molecule has 0 aromatic carbocycles. The fourth-order valence-corrected chi connectivity index (χ4v) is 1.86. The number of ether oxygens (including phenoxy) is 2. The van der Waals surface area contributed by atoms with Gasteiger partial charge in [-0.15, -0.1) is 0 Å². The number of carbonyl (C=O) groups is 2. The highest BCUT2D eigenvalue weighted by Crippen LogP contribution is 2.17. The van der Waals surface area contributed by atoms with E-state index in [1.54, 1.807) is 41.5 Å². The third-order valence-corrected chi connectivity index (χ3v) is 2.70. The molecule has 0 aliphatic carbocycles. The average Bonchev–Trinajstić information content (AvgIpc) is 2.62. The summed E-state index contributed by atoms with van der Waals surface area (Å²) < 4.78 is 10.1. The van der Waals surface area contributed by atoms with Crippen molar-refractivity contribution in [2.45, 2.75) is 47.1 Å². The van der Waals surface area contributed by atoms with Crippen molar-refractivity contribution in [1.82, 2.24) is 10.4 Å². The Morgan fingerprint density at radius 2 is 1.95 bits per heavy atom. The third-order valence-electron chi connectivity index (χ3n) is 2.70. The number of rotatable bonds is 4. The highest BCUT2D eigenvalue weighted by atomic mass is 16.6. The van der Waals surface area contributed by atoms with Crippen molar-refractivity contribution in [3.05, 3.63) is 22.5 Å². The number of hydrogen-bond acceptors (Lipinski definition) is 5. The van der Waals surface area contributed by atoms with Crippen LogP contribution in [0, 0.1) is 13.8 Å². The van der Waals surface area contributed by atoms with E-state index in [0.29, 0.717) is 29.1 Å². The monoisotopic (exact) mass is 309 g/mol. The van der Waals surface area contributed by atoms with E-state index in [4.69, 9.17) is 9.47 Å². The number of aryl methyl sites for hydroxylation is 1. The highest BCUT2D eigenvalue weighted by molar-refractivity contribution is 5.96. The molecular formula is C15H23N3O4. The molecule has 122 valence electrons. The minimum atomic E-state index is -0.643. The molecule has 0 atom stereocenters. The largest absolute Gasteiger partial charge is 0.462 e. The van der Waals surface area contributed by atoms with Crippen molar-refractivity contribution < 1.29 is 19.1 Å². The van der Waals surface area contributed by atoms with Gasteiger partial charge >= 0.3 is 12.1 Å². The van der Waals surface area contributed by atoms with Crippen molar-refractivity contribution in [3.63, 3.8) is 0 Å². The lowest BCUT2D eigenvalue weighted by atomic mass is 10.1. The van der Waals surface area contributed by atoms with E-state index in [2.05, 4.69) is 15.5 Å². The van der Waals surface area contributed by atoms with Crippen LogP contribution in [0.3, 0.4) is 0 Å². The van der Waals surface area contributed by atoms with Gasteiger partial charge in [-0.3, -0.25) is 0 Å². The first-order chi connectivity index (χ1) is 10.2. The fourth-order valence-electron chi connectivity index (χ4n) is 1.86. The lowest BCUT2D eigenvalue weighted by Crippen LogP contribution is -2.29. The molecule has 1 amide bonds. The molecule has 0 radical (unpaired) electrons. The third kappa shape index (κ3) is 4.91. The van der Waals surface area contributed by atoms with Crippen LogP contribution in [0.15, 0.2) is 5.10 Å². The second kappa shape index (κ2) is 7.11. The molecule has 0 aliphatic heterocycles. The van der Waals surface area contributed by atoms with Gasteiger partial charge < -0.3 is 14.5 Å². The van der Waals surface area contributed by atoms with Crippen LogP contribution in [-0.2, 0) is 9.47 Å². The Bertz CT molecular complexity index is 582. The van der Waals surface area contributed by atoms with E-state index < -0.39 is 11.7 Å². The fraction of sp³-hybridized carbons (Fsp3) is 0.533. The number of amides is 1. The smallest absolute Gasteiger partial charge is 0.428 e. The first kappa shape index (κ1) is 17.7. The number of esters is 1. The normalized spacial score (nSPS) is 11.5. The van der Waals surface area contributed by atoms with Crippen LogP contribution in [0.5, 0.6) is 0 Å². The van der Waals surface area contributed by atoms with Crippen LogP contribution in [-0.4, -0.2) is 35.5 Å². The van der Waals surface area contributed by atoms with Crippen LogP contribution >= 0.6 is 0 Å². The lowest BCUT2D eigenvalue weighted by molar-refractivity contribution is 0.0516. The molecule has 1 heterocycles. The summed E-state index contributed by atoms with van der Waals surface area (Å²) in [6.07, 6.45) is 0.782. The number of carbonyl (C=O) groups excluding carboxylic acids is 2. The van der Waals surface area contributed by atoms with E-state index in [1.165, 1.54) is 6.21 Å². The van der Waals surface area contributed by atoms with Crippen molar-refractivity contribution >= 4 is 18.3 Å². The second-order valence-corrected chi connectivity index (χ2v) is 5.76. The van der Waals surface area contributed by atoms with Gasteiger partial charge in [0.05, 0.1) is 24.1 Å². The molecule has 0 bridgehead atoms. The van der Waals surface area contributed by atoms with Crippen molar-refractivity contribution in [1.29, 1.82) is 0 Å². The summed E-state index contributed by atoms with van der Waals surface area (Å²) in [7, 11) is 0. The Labute approximate surface area is 130 Å². The van der Waals surface area contributed by atoms with Crippen LogP contribution in [0.25, 0.3) is 0 Å². The molecule has 22 heavy (non-hydrogen) atoms. The zero-order valence-electron chi connectivity index (χ0n) is 13.9. The standard InChI is InChI=1S/C15H23N3O4/c1-7-21-13(19)12-9(2)11(17-10(12)3)8-16-18-14(20)22-15(4,5)6/h8,17H,7H2,1-6H3,(H,18,20)/b16-8+. The maximum Gasteiger partial charge on any atom is 0.428 e. The number of H-pyrrole nitrogens is 1. The molecule has 7 heteroatoms. The maximum absolute atomic E-state index is 11.9. The predicted molar refractivity (Wildman–Crippen MR) is 83.2 cm³/mol. The molecule has 7 nitrogen and oxygen atoms in total. The van der Waals surface area contributed by atoms with Gasteiger partial charge in [0.15, 0.2) is 0 Å². The summed E-state index contributed by atoms with van der Waals surface area (Å²) in [5.74, 6) is -0.381. The Kier molecular flexibility index (Phi) is 5.73. The number of aromatic nitrogens is 1. The molecule has 0 saturated heterocycles. The average molecular weight is 309 g/mol. The minimum Gasteiger partial charge on any atom is -0.462 e. The highest BCUT2D eigenvalue weighted by Gasteiger charge is 2.18. The van der Waals surface area contributed by atoms with Gasteiger partial charge in [-0.1, -0.05) is 0 Å². The second-order valence-electron chi connectivity index (χ2n) is 5.76. The molecular weight excluding hydrogens is 286 g/mol. The van der Waals surface area contributed by atoms with Gasteiger partial charge in [-0.2, -0.15) is 5.10 Å². The van der Waals surface area contributed by atoms with Crippen LogP contribution in [0.4, 0.5) is 4.79 Å². The zero-order chi connectivity index (χ0) is 16.9. The maximum atomic E-state index is 11.9. The van der Waals surface area contributed by atoms with Crippen LogP contribution in [0.1, 0.15) is 55.0 Å². The number of nitrogens with zero attached hydrogens (tertiary/aromatic N) is 1. The molecule has 2 N–H and O–H groups in total. The zero-order valence-corrected chi connectivity index (χ0v) is 13.9. The van der Waals surface area contributed by atoms with Crippen molar-refractivity contribution in [3.8, 4) is 0 Å². The van der Waals surface area contributed by atoms with Gasteiger partial charge in [0.1, 0.15) is 5.60 Å². The van der Waals surface area contributed by atoms with Crippen LogP contribution < -0.4 is 5.43 Å². The van der Waals surface area contributed by atoms with Crippen LogP contribution in [0.2, 0.25) is 0 Å². The summed E-state index contributed by atoms with van der Waals surface area (Å²) in [5.41, 5.74) is 4.19. The van der Waals surface area contributed by atoms with E-state index in [0.717, 1.165) is 0 Å². The lowest BCUT2D eigenvalue weighted by Gasteiger charge is -2.18. The minimum absolute atomic E-state index is 0.312. The van der Waals surface area contributed by atoms with Gasteiger partial charge in [-0.05, 0) is 47.1 Å². The molecule has 1 rings (SSSR count). The molecule has 0 fully saturated rings. The Balaban J connectivity index is 2.79. The number of nitrogens with one attached hydrogen (secondary N) is 2. The number of aromatic amines is 1. The van der Waals surface area contributed by atoms with Gasteiger partial charge in [0.25, 0.3) is 0 Å². The summed E-state index contributed by atoms with van der Waals surface area (Å²) in [5, 5.41) is 3.81.